The van der Waals surface area contributed by atoms with Crippen molar-refractivity contribution >= 4 is 16.2 Å². The van der Waals surface area contributed by atoms with E-state index in [0.29, 0.717) is 24.7 Å². The summed E-state index contributed by atoms with van der Waals surface area (Å²) >= 11 is 0. The summed E-state index contributed by atoms with van der Waals surface area (Å²) in [6.45, 7) is 2.22. The number of rotatable bonds is 8. The maximum atomic E-state index is 13.3. The zero-order valence-corrected chi connectivity index (χ0v) is 19.5. The van der Waals surface area contributed by atoms with E-state index in [1.54, 1.807) is 0 Å². The minimum Gasteiger partial charge on any atom is -0.425 e. The molecule has 0 aromatic heterocycles. The van der Waals surface area contributed by atoms with Gasteiger partial charge in [-0.3, -0.25) is 4.79 Å². The highest BCUT2D eigenvalue weighted by Crippen LogP contribution is 3.03. The molecule has 0 saturated heterocycles. The van der Waals surface area contributed by atoms with Gasteiger partial charge in [0.05, 0.1) is 5.92 Å². The number of benzene rings is 1. The smallest absolute Gasteiger partial charge is 0.314 e. The van der Waals surface area contributed by atoms with E-state index in [0.717, 1.165) is 37.0 Å². The van der Waals surface area contributed by atoms with E-state index in [1.165, 1.54) is 51.4 Å². The van der Waals surface area contributed by atoms with Gasteiger partial charge in [-0.25, -0.2) is 0 Å². The molecule has 8 heteroatoms. The molecule has 2 aliphatic carbocycles. The Labute approximate surface area is 188 Å². The molecule has 0 spiro atoms. The van der Waals surface area contributed by atoms with Gasteiger partial charge in [-0.05, 0) is 68.4 Å². The third-order valence-electron chi connectivity index (χ3n) is 7.35. The molecule has 0 unspecified atom stereocenters. The fourth-order valence-corrected chi connectivity index (χ4v) is 6.33. The fourth-order valence-electron chi connectivity index (χ4n) is 5.50. The number of halogens is 5. The van der Waals surface area contributed by atoms with Gasteiger partial charge in [-0.2, -0.15) is 0 Å². The topological polar surface area (TPSA) is 26.3 Å². The van der Waals surface area contributed by atoms with Gasteiger partial charge in [0.2, 0.25) is 0 Å². The first-order valence-electron chi connectivity index (χ1n) is 11.9. The molecule has 1 aromatic carbocycles. The van der Waals surface area contributed by atoms with Gasteiger partial charge in [0, 0.05) is 0 Å². The number of carbonyl (C=O) groups is 1. The summed E-state index contributed by atoms with van der Waals surface area (Å²) in [6, 6.07) is 3.09. The summed E-state index contributed by atoms with van der Waals surface area (Å²) in [4.78, 5) is 10.4. The van der Waals surface area contributed by atoms with Crippen molar-refractivity contribution in [3.63, 3.8) is 0 Å². The van der Waals surface area contributed by atoms with Crippen molar-refractivity contribution < 1.29 is 29.0 Å². The highest BCUT2D eigenvalue weighted by molar-refractivity contribution is 8.45. The van der Waals surface area contributed by atoms with Crippen LogP contribution in [0.1, 0.15) is 84.0 Å². The van der Waals surface area contributed by atoms with Crippen LogP contribution in [0.3, 0.4) is 0 Å². The summed E-state index contributed by atoms with van der Waals surface area (Å²) in [5, 5.41) is 0. The summed E-state index contributed by atoms with van der Waals surface area (Å²) < 4.78 is 71.3. The number of esters is 1. The van der Waals surface area contributed by atoms with Crippen molar-refractivity contribution in [1.82, 2.24) is 0 Å². The van der Waals surface area contributed by atoms with E-state index in [4.69, 9.17) is 4.74 Å². The van der Waals surface area contributed by atoms with Gasteiger partial charge in [0.25, 0.3) is 0 Å². The van der Waals surface area contributed by atoms with E-state index in [2.05, 4.69) is 6.92 Å². The molecule has 0 atom stereocenters. The Hall–Kier alpha value is -1.31. The lowest BCUT2D eigenvalue weighted by Gasteiger charge is -2.41. The Balaban J connectivity index is 1.50. The molecule has 0 radical (unpaired) electrons. The third kappa shape index (κ3) is 6.84. The van der Waals surface area contributed by atoms with Gasteiger partial charge in [0.1, 0.15) is 4.90 Å². The van der Waals surface area contributed by atoms with Crippen LogP contribution in [0, 0.1) is 23.7 Å². The zero-order chi connectivity index (χ0) is 23.5. The van der Waals surface area contributed by atoms with E-state index >= 15 is 0 Å². The highest BCUT2D eigenvalue weighted by atomic mass is 32.5. The summed E-state index contributed by atoms with van der Waals surface area (Å²) in [6.07, 6.45) is 12.9. The monoisotopic (exact) mass is 482 g/mol. The van der Waals surface area contributed by atoms with Crippen LogP contribution in [-0.4, -0.2) is 5.97 Å². The first kappa shape index (κ1) is 25.3. The molecule has 2 aliphatic rings. The number of carbonyl (C=O) groups excluding carboxylic acids is 1. The second-order valence-electron chi connectivity index (χ2n) is 9.73. The maximum absolute atomic E-state index is 13.3. The predicted molar refractivity (Wildman–Crippen MR) is 119 cm³/mol. The van der Waals surface area contributed by atoms with Gasteiger partial charge in [0.15, 0.2) is 5.75 Å². The van der Waals surface area contributed by atoms with Crippen LogP contribution in [0.2, 0.25) is 0 Å². The van der Waals surface area contributed by atoms with Gasteiger partial charge in [-0.1, -0.05) is 77.0 Å². The Morgan fingerprint density at radius 3 is 2.00 bits per heavy atom. The standard InChI is InChI=1S/C24H35F5O2S/c1-2-3-4-7-18-10-12-19(13-11-18)20-14-16-21(17-15-20)24(30)31-22-8-5-6-9-23(22)32(25,26,27,28)29/h5-6,8-9,18-21H,2-4,7,10-17H2,1H3. The van der Waals surface area contributed by atoms with Crippen molar-refractivity contribution in [2.45, 2.75) is 88.9 Å². The molecule has 1 aromatic rings. The van der Waals surface area contributed by atoms with Crippen molar-refractivity contribution in [3.05, 3.63) is 24.3 Å². The number of hydrogen-bond donors (Lipinski definition) is 0. The van der Waals surface area contributed by atoms with Crippen LogP contribution < -0.4 is 4.74 Å². The Kier molecular flexibility index (Phi) is 7.24. The third-order valence-corrected chi connectivity index (χ3v) is 8.52. The summed E-state index contributed by atoms with van der Waals surface area (Å²) in [7, 11) is -9.94. The number of unbranched alkanes of at least 4 members (excludes halogenated alkanes) is 2. The van der Waals surface area contributed by atoms with Crippen molar-refractivity contribution in [2.75, 3.05) is 0 Å². The SMILES string of the molecule is CCCCCC1CCC(C2CCC(C(=O)Oc3ccccc3S(F)(F)(F)(F)F)CC2)CC1. The lowest BCUT2D eigenvalue weighted by molar-refractivity contribution is -0.140. The average molecular weight is 483 g/mol. The molecule has 32 heavy (non-hydrogen) atoms. The van der Waals surface area contributed by atoms with Gasteiger partial charge < -0.3 is 4.74 Å². The largest absolute Gasteiger partial charge is 0.425 e. The molecule has 0 aliphatic heterocycles. The lowest BCUT2D eigenvalue weighted by atomic mass is 9.68. The fraction of sp³-hybridized carbons (Fsp3) is 0.708. The quantitative estimate of drug-likeness (QED) is 0.160. The average Bonchev–Trinajstić information content (AvgIpc) is 2.73. The van der Waals surface area contributed by atoms with Crippen LogP contribution in [0.4, 0.5) is 19.4 Å². The van der Waals surface area contributed by atoms with E-state index in [1.807, 2.05) is 0 Å². The van der Waals surface area contributed by atoms with E-state index in [-0.39, 0.29) is 6.07 Å². The normalized spacial score (nSPS) is 29.1. The van der Waals surface area contributed by atoms with Gasteiger partial charge in [-0.15, -0.1) is 0 Å². The number of para-hydroxylation sites is 1. The number of hydrogen-bond acceptors (Lipinski definition) is 2. The Morgan fingerprint density at radius 2 is 1.44 bits per heavy atom. The first-order valence-corrected chi connectivity index (χ1v) is 13.9. The molecule has 2 saturated carbocycles. The second-order valence-corrected chi connectivity index (χ2v) is 12.1. The van der Waals surface area contributed by atoms with Crippen LogP contribution in [0.5, 0.6) is 5.75 Å². The van der Waals surface area contributed by atoms with Crippen molar-refractivity contribution in [2.24, 2.45) is 23.7 Å². The minimum absolute atomic E-state index is 0.277. The predicted octanol–water partition coefficient (Wildman–Crippen LogP) is 9.44. The molecule has 2 nitrogen and oxygen atoms in total. The molecule has 0 bridgehead atoms. The molecule has 184 valence electrons. The second kappa shape index (κ2) is 9.15. The molecule has 2 fully saturated rings. The zero-order valence-electron chi connectivity index (χ0n) is 18.7. The highest BCUT2D eigenvalue weighted by Gasteiger charge is 2.67. The number of ether oxygens (including phenoxy) is 1. The van der Waals surface area contributed by atoms with Crippen LogP contribution >= 0.6 is 10.2 Å². The molecular weight excluding hydrogens is 447 g/mol. The van der Waals surface area contributed by atoms with Gasteiger partial charge >= 0.3 is 16.2 Å². The summed E-state index contributed by atoms with van der Waals surface area (Å²) in [5.74, 6) is -0.449. The van der Waals surface area contributed by atoms with Crippen LogP contribution in [0.25, 0.3) is 0 Å². The Bertz CT molecular complexity index is 780. The molecule has 0 amide bonds. The Morgan fingerprint density at radius 1 is 0.875 bits per heavy atom. The maximum Gasteiger partial charge on any atom is 0.314 e. The van der Waals surface area contributed by atoms with Crippen molar-refractivity contribution in [3.8, 4) is 5.75 Å². The van der Waals surface area contributed by atoms with E-state index < -0.39 is 32.8 Å². The summed E-state index contributed by atoms with van der Waals surface area (Å²) in [5.41, 5.74) is 0. The van der Waals surface area contributed by atoms with Crippen molar-refractivity contribution in [1.29, 1.82) is 0 Å². The first-order chi connectivity index (χ1) is 14.9. The molecule has 3 rings (SSSR count). The van der Waals surface area contributed by atoms with E-state index in [9.17, 15) is 24.2 Å². The van der Waals surface area contributed by atoms with Crippen LogP contribution in [0.15, 0.2) is 29.2 Å². The molecular formula is C24H35F5O2S. The molecule has 0 N–H and O–H groups in total. The lowest BCUT2D eigenvalue weighted by Crippen LogP contribution is -2.30. The molecule has 0 heterocycles. The van der Waals surface area contributed by atoms with Crippen LogP contribution in [-0.2, 0) is 4.79 Å². The minimum atomic E-state index is -9.94.